The number of amides is 1. The van der Waals surface area contributed by atoms with Crippen LogP contribution in [0.25, 0.3) is 0 Å². The summed E-state index contributed by atoms with van der Waals surface area (Å²) in [5.74, 6) is -1.13. The molecule has 0 aliphatic heterocycles. The number of rotatable bonds is 6. The topological polar surface area (TPSA) is 97.3 Å². The van der Waals surface area contributed by atoms with Crippen LogP contribution in [0.1, 0.15) is 16.8 Å². The second-order valence-electron chi connectivity index (χ2n) is 4.81. The highest BCUT2D eigenvalue weighted by atomic mass is 16.5. The number of aromatic nitrogens is 1. The molecule has 0 fully saturated rings. The van der Waals surface area contributed by atoms with Gasteiger partial charge in [-0.15, -0.1) is 0 Å². The van der Waals surface area contributed by atoms with Gasteiger partial charge in [0.25, 0.3) is 5.91 Å². The molecule has 24 heavy (non-hydrogen) atoms. The van der Waals surface area contributed by atoms with Crippen molar-refractivity contribution >= 4 is 17.6 Å². The Balaban J connectivity index is 2.01. The summed E-state index contributed by atoms with van der Waals surface area (Å²) in [6, 6.07) is 13.4. The van der Waals surface area contributed by atoms with E-state index in [9.17, 15) is 14.8 Å². The Bertz CT molecular complexity index is 739. The molecule has 1 aromatic carbocycles. The van der Waals surface area contributed by atoms with Gasteiger partial charge < -0.3 is 14.8 Å². The predicted octanol–water partition coefficient (Wildman–Crippen LogP) is 1.42. The average Bonchev–Trinajstić information content (AvgIpc) is 2.61. The average molecular weight is 325 g/mol. The molecule has 0 aliphatic carbocycles. The first-order valence-electron chi connectivity index (χ1n) is 7.20. The first-order valence-corrected chi connectivity index (χ1v) is 7.20. The number of benzene rings is 1. The first-order chi connectivity index (χ1) is 11.6. The smallest absolute Gasteiger partial charge is 0.339 e. The highest BCUT2D eigenvalue weighted by molar-refractivity contribution is 5.97. The third kappa shape index (κ3) is 4.55. The Morgan fingerprint density at radius 2 is 1.83 bits per heavy atom. The number of esters is 1. The lowest BCUT2D eigenvalue weighted by Gasteiger charge is -2.21. The summed E-state index contributed by atoms with van der Waals surface area (Å²) in [6.45, 7) is -0.246. The molecule has 2 aromatic rings. The van der Waals surface area contributed by atoms with E-state index in [1.165, 1.54) is 29.4 Å². The van der Waals surface area contributed by atoms with Crippen molar-refractivity contribution in [2.75, 3.05) is 18.1 Å². The maximum Gasteiger partial charge on any atom is 0.339 e. The fourth-order valence-electron chi connectivity index (χ4n) is 2.00. The highest BCUT2D eigenvalue weighted by Gasteiger charge is 2.18. The molecule has 0 N–H and O–H groups in total. The van der Waals surface area contributed by atoms with Crippen LogP contribution < -0.4 is 9.63 Å². The third-order valence-corrected chi connectivity index (χ3v) is 3.18. The van der Waals surface area contributed by atoms with Crippen molar-refractivity contribution < 1.29 is 19.1 Å². The van der Waals surface area contributed by atoms with Gasteiger partial charge in [-0.05, 0) is 12.1 Å². The van der Waals surface area contributed by atoms with Crippen molar-refractivity contribution in [2.45, 2.75) is 6.42 Å². The number of carbonyl (C=O) groups is 2. The number of anilines is 1. The normalized spacial score (nSPS) is 9.79. The third-order valence-electron chi connectivity index (χ3n) is 3.18. The summed E-state index contributed by atoms with van der Waals surface area (Å²) < 4.78 is 5.53. The number of hydrogen-bond donors (Lipinski definition) is 0. The van der Waals surface area contributed by atoms with Crippen LogP contribution in [-0.2, 0) is 9.53 Å². The molecule has 7 heteroatoms. The molecule has 0 spiro atoms. The maximum atomic E-state index is 12.3. The predicted molar refractivity (Wildman–Crippen MR) is 84.7 cm³/mol. The maximum absolute atomic E-state index is 12.3. The fourth-order valence-corrected chi connectivity index (χ4v) is 2.00. The molecular weight excluding hydrogens is 310 g/mol. The number of pyridine rings is 1. The van der Waals surface area contributed by atoms with Gasteiger partial charge in [0.15, 0.2) is 19.0 Å². The fraction of sp³-hybridized carbons (Fsp3) is 0.176. The Morgan fingerprint density at radius 3 is 2.46 bits per heavy atom. The lowest BCUT2D eigenvalue weighted by molar-refractivity contribution is -0.605. The summed E-state index contributed by atoms with van der Waals surface area (Å²) in [5, 5.41) is 19.7. The van der Waals surface area contributed by atoms with Crippen LogP contribution >= 0.6 is 0 Å². The standard InChI is InChI=1S/C17H15N3O4/c18-9-4-10-20(15-5-2-1-3-6-15)16(21)13-24-17(22)14-7-11-19(23)12-8-14/h1-3,5-8,11-12H,4,10,13H2. The van der Waals surface area contributed by atoms with Crippen molar-refractivity contribution in [2.24, 2.45) is 0 Å². The number of carbonyl (C=O) groups excluding carboxylic acids is 2. The van der Waals surface area contributed by atoms with E-state index in [1.54, 1.807) is 24.3 Å². The quantitative estimate of drug-likeness (QED) is 0.454. The van der Waals surface area contributed by atoms with Gasteiger partial charge >= 0.3 is 5.97 Å². The van der Waals surface area contributed by atoms with E-state index in [0.29, 0.717) is 10.4 Å². The zero-order chi connectivity index (χ0) is 17.4. The van der Waals surface area contributed by atoms with Crippen molar-refractivity contribution in [3.05, 3.63) is 65.6 Å². The van der Waals surface area contributed by atoms with Gasteiger partial charge in [-0.25, -0.2) is 4.79 Å². The molecule has 2 rings (SSSR count). The largest absolute Gasteiger partial charge is 0.619 e. The van der Waals surface area contributed by atoms with Crippen LogP contribution in [0.15, 0.2) is 54.9 Å². The minimum Gasteiger partial charge on any atom is -0.619 e. The number of nitriles is 1. The van der Waals surface area contributed by atoms with Crippen LogP contribution in [0.4, 0.5) is 5.69 Å². The molecule has 1 aromatic heterocycles. The van der Waals surface area contributed by atoms with E-state index < -0.39 is 18.5 Å². The van der Waals surface area contributed by atoms with Crippen molar-refractivity contribution in [1.82, 2.24) is 0 Å². The van der Waals surface area contributed by atoms with E-state index in [1.807, 2.05) is 12.1 Å². The zero-order valence-corrected chi connectivity index (χ0v) is 12.8. The Labute approximate surface area is 138 Å². The molecular formula is C17H15N3O4. The monoisotopic (exact) mass is 325 g/mol. The van der Waals surface area contributed by atoms with Crippen LogP contribution in [0.3, 0.4) is 0 Å². The highest BCUT2D eigenvalue weighted by Crippen LogP contribution is 2.14. The summed E-state index contributed by atoms with van der Waals surface area (Å²) >= 11 is 0. The van der Waals surface area contributed by atoms with Gasteiger partial charge in [-0.1, -0.05) is 18.2 Å². The SMILES string of the molecule is N#CCCN(C(=O)COC(=O)c1cc[n+]([O-])cc1)c1ccccc1. The van der Waals surface area contributed by atoms with Crippen molar-refractivity contribution in [3.63, 3.8) is 0 Å². The van der Waals surface area contributed by atoms with Gasteiger partial charge in [0, 0.05) is 24.4 Å². The molecule has 0 aliphatic rings. The van der Waals surface area contributed by atoms with Gasteiger partial charge in [-0.3, -0.25) is 4.79 Å². The number of nitrogens with zero attached hydrogens (tertiary/aromatic N) is 3. The minimum absolute atomic E-state index is 0.163. The second kappa shape index (κ2) is 8.29. The van der Waals surface area contributed by atoms with Gasteiger partial charge in [0.05, 0.1) is 18.1 Å². The van der Waals surface area contributed by atoms with E-state index >= 15 is 0 Å². The molecule has 0 bridgehead atoms. The minimum atomic E-state index is -0.697. The van der Waals surface area contributed by atoms with Crippen LogP contribution in [0.2, 0.25) is 0 Å². The van der Waals surface area contributed by atoms with Crippen molar-refractivity contribution in [1.29, 1.82) is 5.26 Å². The van der Waals surface area contributed by atoms with E-state index in [4.69, 9.17) is 10.00 Å². The number of hydrogen-bond acceptors (Lipinski definition) is 5. The van der Waals surface area contributed by atoms with Crippen LogP contribution in [0, 0.1) is 16.5 Å². The second-order valence-corrected chi connectivity index (χ2v) is 4.81. The van der Waals surface area contributed by atoms with Crippen LogP contribution in [-0.4, -0.2) is 25.0 Å². The lowest BCUT2D eigenvalue weighted by Crippen LogP contribution is -2.35. The Kier molecular flexibility index (Phi) is 5.86. The molecule has 0 unspecified atom stereocenters. The summed E-state index contributed by atoms with van der Waals surface area (Å²) in [5.41, 5.74) is 0.805. The van der Waals surface area contributed by atoms with Crippen molar-refractivity contribution in [3.8, 4) is 6.07 Å². The van der Waals surface area contributed by atoms with E-state index in [2.05, 4.69) is 0 Å². The molecule has 0 atom stereocenters. The molecule has 0 radical (unpaired) electrons. The molecule has 1 heterocycles. The molecule has 1 amide bonds. The molecule has 0 saturated carbocycles. The Morgan fingerprint density at radius 1 is 1.17 bits per heavy atom. The van der Waals surface area contributed by atoms with E-state index in [-0.39, 0.29) is 18.5 Å². The number of para-hydroxylation sites is 1. The first kappa shape index (κ1) is 17.0. The molecule has 0 saturated heterocycles. The lowest BCUT2D eigenvalue weighted by atomic mass is 10.2. The van der Waals surface area contributed by atoms with Gasteiger partial charge in [-0.2, -0.15) is 9.99 Å². The zero-order valence-electron chi connectivity index (χ0n) is 12.8. The molecule has 122 valence electrons. The van der Waals surface area contributed by atoms with Crippen LogP contribution in [0.5, 0.6) is 0 Å². The molecule has 7 nitrogen and oxygen atoms in total. The Hall–Kier alpha value is -3.40. The summed E-state index contributed by atoms with van der Waals surface area (Å²) in [4.78, 5) is 25.6. The van der Waals surface area contributed by atoms with E-state index in [0.717, 1.165) is 0 Å². The summed E-state index contributed by atoms with van der Waals surface area (Å²) in [7, 11) is 0. The van der Waals surface area contributed by atoms with Gasteiger partial charge in [0.2, 0.25) is 0 Å². The number of ether oxygens (including phenoxy) is 1. The van der Waals surface area contributed by atoms with Gasteiger partial charge in [0.1, 0.15) is 0 Å². The summed E-state index contributed by atoms with van der Waals surface area (Å²) in [6.07, 6.45) is 2.50.